The quantitative estimate of drug-likeness (QED) is 0.679. The lowest BCUT2D eigenvalue weighted by Crippen LogP contribution is -2.12. The fourth-order valence-electron chi connectivity index (χ4n) is 2.58. The number of fused-ring (bicyclic) bond motifs is 1. The molecule has 1 nitrogen and oxygen atoms in total. The Bertz CT molecular complexity index is 660. The van der Waals surface area contributed by atoms with Crippen molar-refractivity contribution in [3.05, 3.63) is 54.1 Å². The maximum atomic E-state index is 12.4. The molecule has 0 radical (unpaired) electrons. The van der Waals surface area contributed by atoms with Crippen LogP contribution in [-0.4, -0.2) is 5.78 Å². The zero-order valence-corrected chi connectivity index (χ0v) is 14.4. The van der Waals surface area contributed by atoms with Crippen molar-refractivity contribution < 1.29 is 4.79 Å². The number of hydrogen-bond acceptors (Lipinski definition) is 2. The molecule has 1 unspecified atom stereocenters. The van der Waals surface area contributed by atoms with E-state index < -0.39 is 0 Å². The number of aryl methyl sites for hydroxylation is 1. The van der Waals surface area contributed by atoms with Crippen molar-refractivity contribution in [3.8, 4) is 0 Å². The zero-order chi connectivity index (χ0) is 13.6. The lowest BCUT2D eigenvalue weighted by Gasteiger charge is -2.09. The van der Waals surface area contributed by atoms with E-state index in [1.807, 2.05) is 12.1 Å². The molecule has 1 heterocycles. The maximum Gasteiger partial charge on any atom is 0.167 e. The van der Waals surface area contributed by atoms with Gasteiger partial charge in [-0.2, -0.15) is 0 Å². The van der Waals surface area contributed by atoms with Gasteiger partial charge < -0.3 is 0 Å². The van der Waals surface area contributed by atoms with E-state index in [0.717, 1.165) is 27.4 Å². The highest BCUT2D eigenvalue weighted by Crippen LogP contribution is 2.35. The minimum Gasteiger partial charge on any atom is -0.294 e. The van der Waals surface area contributed by atoms with Gasteiger partial charge in [0.05, 0.1) is 0 Å². The number of benzene rings is 1. The highest BCUT2D eigenvalue weighted by atomic mass is 79.9. The van der Waals surface area contributed by atoms with E-state index in [2.05, 4.69) is 50.9 Å². The summed E-state index contributed by atoms with van der Waals surface area (Å²) in [6, 6.07) is 8.24. The largest absolute Gasteiger partial charge is 0.294 e. The predicted molar refractivity (Wildman–Crippen MR) is 86.1 cm³/mol. The Labute approximate surface area is 133 Å². The van der Waals surface area contributed by atoms with Crippen molar-refractivity contribution in [2.24, 2.45) is 5.92 Å². The molecule has 1 aromatic carbocycles. The van der Waals surface area contributed by atoms with Crippen molar-refractivity contribution in [2.45, 2.75) is 19.8 Å². The number of hydrogen-bond donors (Lipinski definition) is 0. The molecule has 0 amide bonds. The van der Waals surface area contributed by atoms with Crippen molar-refractivity contribution in [1.82, 2.24) is 0 Å². The highest BCUT2D eigenvalue weighted by Gasteiger charge is 2.32. The van der Waals surface area contributed by atoms with Gasteiger partial charge in [0.25, 0.3) is 0 Å². The van der Waals surface area contributed by atoms with Gasteiger partial charge in [0.1, 0.15) is 0 Å². The first-order valence-electron chi connectivity index (χ1n) is 6.12. The molecule has 0 bridgehead atoms. The van der Waals surface area contributed by atoms with E-state index in [0.29, 0.717) is 5.78 Å². The summed E-state index contributed by atoms with van der Waals surface area (Å²) in [6.07, 6.45) is 1.73. The van der Waals surface area contributed by atoms with Crippen LogP contribution >= 0.6 is 43.2 Å². The average molecular weight is 400 g/mol. The van der Waals surface area contributed by atoms with Crippen LogP contribution in [0.1, 0.15) is 25.7 Å². The van der Waals surface area contributed by atoms with E-state index in [9.17, 15) is 4.79 Å². The summed E-state index contributed by atoms with van der Waals surface area (Å²) >= 11 is 8.74. The Morgan fingerprint density at radius 3 is 2.74 bits per heavy atom. The minimum atomic E-state index is 0.120. The fraction of sp³-hybridized carbons (Fsp3) is 0.267. The molecule has 0 fully saturated rings. The summed E-state index contributed by atoms with van der Waals surface area (Å²) in [5.41, 5.74) is 2.17. The second-order valence-corrected chi connectivity index (χ2v) is 7.96. The fourth-order valence-corrected chi connectivity index (χ4v) is 4.37. The summed E-state index contributed by atoms with van der Waals surface area (Å²) in [6.45, 7) is 2.07. The van der Waals surface area contributed by atoms with Gasteiger partial charge in [-0.25, -0.2) is 0 Å². The molecule has 0 saturated carbocycles. The second kappa shape index (κ2) is 5.15. The third-order valence-corrected chi connectivity index (χ3v) is 6.42. The lowest BCUT2D eigenvalue weighted by atomic mass is 9.96. The van der Waals surface area contributed by atoms with Crippen LogP contribution in [0.25, 0.3) is 0 Å². The molecular formula is C15H12Br2OS. The normalized spacial score (nSPS) is 17.8. The number of carbonyl (C=O) groups excluding carboxylic acids is 1. The molecule has 0 N–H and O–H groups in total. The molecule has 3 rings (SSSR count). The molecule has 19 heavy (non-hydrogen) atoms. The summed E-state index contributed by atoms with van der Waals surface area (Å²) in [4.78, 5) is 14.9. The molecular weight excluding hydrogens is 388 g/mol. The van der Waals surface area contributed by atoms with Gasteiger partial charge in [0.15, 0.2) is 5.78 Å². The second-order valence-electron chi connectivity index (χ2n) is 4.91. The standard InChI is InChI=1S/C15H12Br2OS/c1-8-4-11-14(19-8)7-10(15(11)18)5-9-2-3-12(16)13(17)6-9/h2-4,6,10H,5,7H2,1H3. The smallest absolute Gasteiger partial charge is 0.167 e. The van der Waals surface area contributed by atoms with E-state index in [-0.39, 0.29) is 5.92 Å². The topological polar surface area (TPSA) is 17.1 Å². The molecule has 1 atom stereocenters. The van der Waals surface area contributed by atoms with Gasteiger partial charge in [0, 0.05) is 30.2 Å². The van der Waals surface area contributed by atoms with Gasteiger partial charge >= 0.3 is 0 Å². The van der Waals surface area contributed by atoms with E-state index in [4.69, 9.17) is 0 Å². The van der Waals surface area contributed by atoms with Gasteiger partial charge in [-0.05, 0) is 75.4 Å². The Morgan fingerprint density at radius 2 is 2.05 bits per heavy atom. The van der Waals surface area contributed by atoms with Crippen LogP contribution in [0.5, 0.6) is 0 Å². The van der Waals surface area contributed by atoms with Crippen LogP contribution in [0.4, 0.5) is 0 Å². The first-order chi connectivity index (χ1) is 9.04. The molecule has 1 aliphatic carbocycles. The van der Waals surface area contributed by atoms with Crippen LogP contribution in [0.15, 0.2) is 33.2 Å². The molecule has 1 aromatic heterocycles. The number of thiophene rings is 1. The van der Waals surface area contributed by atoms with Gasteiger partial charge in [-0.3, -0.25) is 4.79 Å². The Balaban J connectivity index is 1.80. The molecule has 98 valence electrons. The number of carbonyl (C=O) groups is 1. The summed E-state index contributed by atoms with van der Waals surface area (Å²) < 4.78 is 2.09. The number of rotatable bonds is 2. The van der Waals surface area contributed by atoms with Crippen molar-refractivity contribution in [2.75, 3.05) is 0 Å². The molecule has 0 saturated heterocycles. The zero-order valence-electron chi connectivity index (χ0n) is 10.4. The highest BCUT2D eigenvalue weighted by molar-refractivity contribution is 9.13. The van der Waals surface area contributed by atoms with Crippen molar-refractivity contribution in [3.63, 3.8) is 0 Å². The van der Waals surface area contributed by atoms with E-state index in [1.54, 1.807) is 11.3 Å². The van der Waals surface area contributed by atoms with Crippen molar-refractivity contribution >= 4 is 49.0 Å². The summed E-state index contributed by atoms with van der Waals surface area (Å²) in [5.74, 6) is 0.438. The Kier molecular flexibility index (Phi) is 3.67. The monoisotopic (exact) mass is 398 g/mol. The van der Waals surface area contributed by atoms with Crippen LogP contribution in [0.3, 0.4) is 0 Å². The maximum absolute atomic E-state index is 12.4. The van der Waals surface area contributed by atoms with Gasteiger partial charge in [0.2, 0.25) is 0 Å². The third kappa shape index (κ3) is 2.58. The number of halogens is 2. The Morgan fingerprint density at radius 1 is 1.26 bits per heavy atom. The molecule has 0 spiro atoms. The van der Waals surface area contributed by atoms with E-state index in [1.165, 1.54) is 15.3 Å². The van der Waals surface area contributed by atoms with E-state index >= 15 is 0 Å². The third-order valence-electron chi connectivity index (χ3n) is 3.47. The van der Waals surface area contributed by atoms with Crippen LogP contribution in [0.2, 0.25) is 0 Å². The SMILES string of the molecule is Cc1cc2c(s1)CC(Cc1ccc(Br)c(Br)c1)C2=O. The number of Topliss-reactive ketones (excluding diaryl/α,β-unsaturated/α-hetero) is 1. The van der Waals surface area contributed by atoms with Gasteiger partial charge in [-0.1, -0.05) is 6.07 Å². The van der Waals surface area contributed by atoms with Crippen LogP contribution < -0.4 is 0 Å². The summed E-state index contributed by atoms with van der Waals surface area (Å²) in [5, 5.41) is 0. The molecule has 2 aromatic rings. The van der Waals surface area contributed by atoms with Gasteiger partial charge in [-0.15, -0.1) is 11.3 Å². The predicted octanol–water partition coefficient (Wildman–Crippen LogP) is 5.18. The molecule has 1 aliphatic rings. The summed E-state index contributed by atoms with van der Waals surface area (Å²) in [7, 11) is 0. The lowest BCUT2D eigenvalue weighted by molar-refractivity contribution is 0.0936. The first kappa shape index (κ1) is 13.5. The minimum absolute atomic E-state index is 0.120. The first-order valence-corrected chi connectivity index (χ1v) is 8.52. The Hall–Kier alpha value is -0.450. The molecule has 0 aliphatic heterocycles. The average Bonchev–Trinajstić information content (AvgIpc) is 2.84. The van der Waals surface area contributed by atoms with Crippen molar-refractivity contribution in [1.29, 1.82) is 0 Å². The molecule has 4 heteroatoms. The number of ketones is 1. The van der Waals surface area contributed by atoms with Crippen LogP contribution in [0, 0.1) is 12.8 Å². The van der Waals surface area contributed by atoms with Crippen LogP contribution in [-0.2, 0) is 12.8 Å².